The molecule has 1 aromatic heterocycles. The summed E-state index contributed by atoms with van der Waals surface area (Å²) in [6.45, 7) is 2.90. The highest BCUT2D eigenvalue weighted by atomic mass is 32.2. The predicted octanol–water partition coefficient (Wildman–Crippen LogP) is 1.70. The second-order valence-corrected chi connectivity index (χ2v) is 5.23. The van der Waals surface area contributed by atoms with Crippen molar-refractivity contribution >= 4 is 23.5 Å². The second-order valence-electron chi connectivity index (χ2n) is 4.08. The van der Waals surface area contributed by atoms with Gasteiger partial charge in [0, 0.05) is 31.1 Å². The summed E-state index contributed by atoms with van der Waals surface area (Å²) in [7, 11) is 1.80. The number of carbonyl (C=O) groups is 1. The third-order valence-electron chi connectivity index (χ3n) is 2.85. The Morgan fingerprint density at radius 1 is 1.59 bits per heavy atom. The second kappa shape index (κ2) is 5.40. The minimum absolute atomic E-state index is 0.0369. The Labute approximate surface area is 106 Å². The minimum atomic E-state index is 0.0369. The van der Waals surface area contributed by atoms with E-state index in [0.717, 1.165) is 23.9 Å². The van der Waals surface area contributed by atoms with E-state index in [2.05, 4.69) is 17.2 Å². The van der Waals surface area contributed by atoms with Crippen LogP contribution >= 0.6 is 11.8 Å². The highest BCUT2D eigenvalue weighted by Gasteiger charge is 2.25. The van der Waals surface area contributed by atoms with E-state index in [1.807, 2.05) is 28.8 Å². The van der Waals surface area contributed by atoms with Crippen molar-refractivity contribution in [2.45, 2.75) is 13.0 Å². The number of aromatic nitrogens is 1. The molecule has 1 N–H and O–H groups in total. The summed E-state index contributed by atoms with van der Waals surface area (Å²) in [6, 6.07) is 5.78. The molecule has 1 aliphatic rings. The van der Waals surface area contributed by atoms with Crippen molar-refractivity contribution in [3.05, 3.63) is 23.9 Å². The number of carbonyl (C=O) groups excluding carboxylic acids is 1. The van der Waals surface area contributed by atoms with E-state index in [1.165, 1.54) is 0 Å². The van der Waals surface area contributed by atoms with Crippen LogP contribution in [0.15, 0.2) is 18.2 Å². The maximum atomic E-state index is 12.3. The molecule has 0 aromatic carbocycles. The Balaban J connectivity index is 2.17. The van der Waals surface area contributed by atoms with Crippen LogP contribution < -0.4 is 5.32 Å². The lowest BCUT2D eigenvalue weighted by Crippen LogP contribution is -2.44. The Hall–Kier alpha value is -1.23. The molecule has 0 aliphatic carbocycles. The van der Waals surface area contributed by atoms with Crippen molar-refractivity contribution in [2.24, 2.45) is 0 Å². The first-order valence-corrected chi connectivity index (χ1v) is 6.91. The lowest BCUT2D eigenvalue weighted by atomic mass is 10.2. The predicted molar refractivity (Wildman–Crippen MR) is 71.6 cm³/mol. The van der Waals surface area contributed by atoms with Gasteiger partial charge in [0.1, 0.15) is 11.5 Å². The van der Waals surface area contributed by atoms with Crippen LogP contribution in [0.25, 0.3) is 0 Å². The van der Waals surface area contributed by atoms with Gasteiger partial charge in [-0.25, -0.2) is 4.98 Å². The highest BCUT2D eigenvalue weighted by molar-refractivity contribution is 7.99. The molecule has 1 fully saturated rings. The van der Waals surface area contributed by atoms with Gasteiger partial charge in [0.2, 0.25) is 0 Å². The zero-order valence-electron chi connectivity index (χ0n) is 10.1. The molecule has 2 rings (SSSR count). The van der Waals surface area contributed by atoms with E-state index in [-0.39, 0.29) is 5.91 Å². The summed E-state index contributed by atoms with van der Waals surface area (Å²) in [5.41, 5.74) is 0.524. The summed E-state index contributed by atoms with van der Waals surface area (Å²) < 4.78 is 0. The normalized spacial score (nSPS) is 20.1. The molecule has 0 radical (unpaired) electrons. The molecule has 92 valence electrons. The van der Waals surface area contributed by atoms with E-state index in [1.54, 1.807) is 13.1 Å². The third kappa shape index (κ3) is 2.72. The van der Waals surface area contributed by atoms with Gasteiger partial charge in [-0.05, 0) is 19.1 Å². The number of anilines is 1. The molecule has 17 heavy (non-hydrogen) atoms. The average Bonchev–Trinajstić information content (AvgIpc) is 2.38. The summed E-state index contributed by atoms with van der Waals surface area (Å²) in [5, 5.41) is 2.95. The first-order chi connectivity index (χ1) is 8.22. The Morgan fingerprint density at radius 3 is 3.12 bits per heavy atom. The van der Waals surface area contributed by atoms with Crippen LogP contribution in [0.5, 0.6) is 0 Å². The van der Waals surface area contributed by atoms with Crippen LogP contribution in [-0.4, -0.2) is 46.9 Å². The number of hydrogen-bond acceptors (Lipinski definition) is 4. The fourth-order valence-electron chi connectivity index (χ4n) is 1.87. The SMILES string of the molecule is CNc1cccc(C(=O)N2CCSCC2C)n1. The molecule has 1 aliphatic heterocycles. The molecule has 4 nitrogen and oxygen atoms in total. The summed E-state index contributed by atoms with van der Waals surface area (Å²) in [5.74, 6) is 2.80. The van der Waals surface area contributed by atoms with Crippen LogP contribution in [0.2, 0.25) is 0 Å². The van der Waals surface area contributed by atoms with Crippen molar-refractivity contribution in [3.8, 4) is 0 Å². The van der Waals surface area contributed by atoms with Gasteiger partial charge in [-0.2, -0.15) is 11.8 Å². The van der Waals surface area contributed by atoms with Crippen LogP contribution in [0.4, 0.5) is 5.82 Å². The van der Waals surface area contributed by atoms with Crippen LogP contribution in [0.1, 0.15) is 17.4 Å². The molecule has 0 saturated carbocycles. The number of amides is 1. The molecular weight excluding hydrogens is 234 g/mol. The number of pyridine rings is 1. The van der Waals surface area contributed by atoms with E-state index in [0.29, 0.717) is 11.7 Å². The molecule has 0 bridgehead atoms. The van der Waals surface area contributed by atoms with E-state index in [9.17, 15) is 4.79 Å². The van der Waals surface area contributed by atoms with Gasteiger partial charge in [-0.15, -0.1) is 0 Å². The van der Waals surface area contributed by atoms with Crippen molar-refractivity contribution in [3.63, 3.8) is 0 Å². The number of thioether (sulfide) groups is 1. The summed E-state index contributed by atoms with van der Waals surface area (Å²) >= 11 is 1.90. The molecule has 2 heterocycles. The molecule has 1 aromatic rings. The van der Waals surface area contributed by atoms with Crippen molar-refractivity contribution in [1.29, 1.82) is 0 Å². The molecule has 5 heteroatoms. The van der Waals surface area contributed by atoms with Crippen LogP contribution in [0, 0.1) is 0 Å². The molecule has 1 saturated heterocycles. The molecule has 1 unspecified atom stereocenters. The highest BCUT2D eigenvalue weighted by Crippen LogP contribution is 2.18. The number of hydrogen-bond donors (Lipinski definition) is 1. The van der Waals surface area contributed by atoms with Crippen molar-refractivity contribution in [1.82, 2.24) is 9.88 Å². The maximum absolute atomic E-state index is 12.3. The largest absolute Gasteiger partial charge is 0.373 e. The van der Waals surface area contributed by atoms with Crippen molar-refractivity contribution < 1.29 is 4.79 Å². The number of nitrogens with one attached hydrogen (secondary N) is 1. The zero-order chi connectivity index (χ0) is 12.3. The van der Waals surface area contributed by atoms with Gasteiger partial charge < -0.3 is 10.2 Å². The zero-order valence-corrected chi connectivity index (χ0v) is 11.0. The molecule has 1 amide bonds. The van der Waals surface area contributed by atoms with E-state index in [4.69, 9.17) is 0 Å². The fraction of sp³-hybridized carbons (Fsp3) is 0.500. The number of nitrogens with zero attached hydrogens (tertiary/aromatic N) is 2. The minimum Gasteiger partial charge on any atom is -0.373 e. The lowest BCUT2D eigenvalue weighted by Gasteiger charge is -2.32. The van der Waals surface area contributed by atoms with Gasteiger partial charge >= 0.3 is 0 Å². The summed E-state index contributed by atoms with van der Waals surface area (Å²) in [6.07, 6.45) is 0. The third-order valence-corrected chi connectivity index (χ3v) is 4.04. The monoisotopic (exact) mass is 251 g/mol. The lowest BCUT2D eigenvalue weighted by molar-refractivity contribution is 0.0710. The first kappa shape index (κ1) is 12.2. The van der Waals surface area contributed by atoms with Crippen LogP contribution in [-0.2, 0) is 0 Å². The topological polar surface area (TPSA) is 45.2 Å². The molecule has 1 atom stereocenters. The molecule has 0 spiro atoms. The van der Waals surface area contributed by atoms with Crippen LogP contribution in [0.3, 0.4) is 0 Å². The Kier molecular flexibility index (Phi) is 3.89. The van der Waals surface area contributed by atoms with Crippen molar-refractivity contribution in [2.75, 3.05) is 30.4 Å². The van der Waals surface area contributed by atoms with Gasteiger partial charge in [0.05, 0.1) is 0 Å². The first-order valence-electron chi connectivity index (χ1n) is 5.76. The van der Waals surface area contributed by atoms with Gasteiger partial charge in [-0.3, -0.25) is 4.79 Å². The average molecular weight is 251 g/mol. The smallest absolute Gasteiger partial charge is 0.272 e. The van der Waals surface area contributed by atoms with Gasteiger partial charge in [0.15, 0.2) is 0 Å². The van der Waals surface area contributed by atoms with Gasteiger partial charge in [0.25, 0.3) is 5.91 Å². The summed E-state index contributed by atoms with van der Waals surface area (Å²) in [4.78, 5) is 18.5. The Morgan fingerprint density at radius 2 is 2.41 bits per heavy atom. The fourth-order valence-corrected chi connectivity index (χ4v) is 2.88. The molecular formula is C12H17N3OS. The van der Waals surface area contributed by atoms with E-state index >= 15 is 0 Å². The standard InChI is InChI=1S/C12H17N3OS/c1-9-8-17-7-6-15(9)12(16)10-4-3-5-11(13-2)14-10/h3-5,9H,6-8H2,1-2H3,(H,13,14). The van der Waals surface area contributed by atoms with E-state index < -0.39 is 0 Å². The van der Waals surface area contributed by atoms with Gasteiger partial charge in [-0.1, -0.05) is 6.07 Å². The maximum Gasteiger partial charge on any atom is 0.272 e. The number of rotatable bonds is 2. The quantitative estimate of drug-likeness (QED) is 0.869. The Bertz CT molecular complexity index is 410.